The first-order valence-corrected chi connectivity index (χ1v) is 9.64. The van der Waals surface area contributed by atoms with Gasteiger partial charge in [-0.1, -0.05) is 19.1 Å². The zero-order valence-corrected chi connectivity index (χ0v) is 16.3. The molecule has 2 aromatic heterocycles. The Hall–Kier alpha value is -2.81. The fourth-order valence-corrected chi connectivity index (χ4v) is 3.41. The predicted molar refractivity (Wildman–Crippen MR) is 102 cm³/mol. The van der Waals surface area contributed by atoms with Crippen LogP contribution in [0.1, 0.15) is 31.5 Å². The molecule has 0 spiro atoms. The van der Waals surface area contributed by atoms with Gasteiger partial charge in [-0.3, -0.25) is 9.69 Å². The SMILES string of the molecule is CC1CCN(Cc2nnnn2CC(=O)N(C)Cc2nc3ccccc3o2)CC1. The number of hydrogen-bond acceptors (Lipinski definition) is 7. The van der Waals surface area contributed by atoms with Crippen molar-refractivity contribution in [3.63, 3.8) is 0 Å². The van der Waals surface area contributed by atoms with E-state index in [-0.39, 0.29) is 12.5 Å². The maximum Gasteiger partial charge on any atom is 0.244 e. The number of benzene rings is 1. The lowest BCUT2D eigenvalue weighted by atomic mass is 9.99. The summed E-state index contributed by atoms with van der Waals surface area (Å²) in [5.74, 6) is 1.91. The minimum absolute atomic E-state index is 0.0944. The van der Waals surface area contributed by atoms with E-state index < -0.39 is 0 Å². The largest absolute Gasteiger partial charge is 0.439 e. The highest BCUT2D eigenvalue weighted by Crippen LogP contribution is 2.18. The van der Waals surface area contributed by atoms with Crippen molar-refractivity contribution in [2.45, 2.75) is 39.4 Å². The van der Waals surface area contributed by atoms with Gasteiger partial charge in [0.15, 0.2) is 11.4 Å². The molecule has 0 radical (unpaired) electrons. The van der Waals surface area contributed by atoms with Gasteiger partial charge in [0.1, 0.15) is 12.1 Å². The average Bonchev–Trinajstić information content (AvgIpc) is 3.29. The number of fused-ring (bicyclic) bond motifs is 1. The number of likely N-dealkylation sites (N-methyl/N-ethyl adjacent to an activating group) is 1. The smallest absolute Gasteiger partial charge is 0.244 e. The summed E-state index contributed by atoms with van der Waals surface area (Å²) in [6.07, 6.45) is 2.38. The van der Waals surface area contributed by atoms with Gasteiger partial charge in [-0.2, -0.15) is 0 Å². The fraction of sp³-hybridized carbons (Fsp3) is 0.526. The Balaban J connectivity index is 1.36. The molecular formula is C19H25N7O2. The third-order valence-corrected chi connectivity index (χ3v) is 5.27. The van der Waals surface area contributed by atoms with Crippen molar-refractivity contribution >= 4 is 17.0 Å². The van der Waals surface area contributed by atoms with E-state index in [1.165, 1.54) is 12.8 Å². The number of carbonyl (C=O) groups is 1. The summed E-state index contributed by atoms with van der Waals surface area (Å²) in [6, 6.07) is 7.56. The number of amides is 1. The Morgan fingerprint density at radius 1 is 1.29 bits per heavy atom. The van der Waals surface area contributed by atoms with Gasteiger partial charge in [0.05, 0.1) is 13.1 Å². The van der Waals surface area contributed by atoms with Crippen LogP contribution in [0.5, 0.6) is 0 Å². The molecule has 1 fully saturated rings. The number of piperidine rings is 1. The van der Waals surface area contributed by atoms with E-state index in [1.54, 1.807) is 16.6 Å². The van der Waals surface area contributed by atoms with Gasteiger partial charge >= 0.3 is 0 Å². The third-order valence-electron chi connectivity index (χ3n) is 5.27. The first-order valence-electron chi connectivity index (χ1n) is 9.64. The van der Waals surface area contributed by atoms with Crippen LogP contribution in [0.3, 0.4) is 0 Å². The van der Waals surface area contributed by atoms with Crippen LogP contribution in [0, 0.1) is 5.92 Å². The van der Waals surface area contributed by atoms with Gasteiger partial charge in [0.2, 0.25) is 11.8 Å². The Bertz CT molecular complexity index is 910. The van der Waals surface area contributed by atoms with E-state index in [1.807, 2.05) is 24.3 Å². The molecular weight excluding hydrogens is 358 g/mol. The Labute approximate surface area is 163 Å². The summed E-state index contributed by atoms with van der Waals surface area (Å²) in [5, 5.41) is 11.9. The standard InChI is InChI=1S/C19H25N7O2/c1-14-7-9-25(10-8-14)11-17-21-22-23-26(17)13-19(27)24(2)12-18-20-15-5-3-4-6-16(15)28-18/h3-6,14H,7-13H2,1-2H3. The van der Waals surface area contributed by atoms with Crippen molar-refractivity contribution in [3.8, 4) is 0 Å². The van der Waals surface area contributed by atoms with E-state index in [4.69, 9.17) is 4.42 Å². The summed E-state index contributed by atoms with van der Waals surface area (Å²) in [5.41, 5.74) is 1.51. The molecule has 1 saturated heterocycles. The van der Waals surface area contributed by atoms with Crippen molar-refractivity contribution in [2.75, 3.05) is 20.1 Å². The zero-order chi connectivity index (χ0) is 19.5. The van der Waals surface area contributed by atoms with Crippen molar-refractivity contribution in [2.24, 2.45) is 5.92 Å². The number of oxazole rings is 1. The highest BCUT2D eigenvalue weighted by Gasteiger charge is 2.20. The molecule has 0 unspecified atom stereocenters. The van der Waals surface area contributed by atoms with Crippen molar-refractivity contribution in [3.05, 3.63) is 36.0 Å². The van der Waals surface area contributed by atoms with Crippen LogP contribution in [0.25, 0.3) is 11.1 Å². The lowest BCUT2D eigenvalue weighted by molar-refractivity contribution is -0.131. The molecule has 9 nitrogen and oxygen atoms in total. The molecule has 0 bridgehead atoms. The molecule has 0 atom stereocenters. The molecule has 1 aromatic carbocycles. The van der Waals surface area contributed by atoms with Gasteiger partial charge in [0, 0.05) is 7.05 Å². The molecule has 28 heavy (non-hydrogen) atoms. The number of hydrogen-bond donors (Lipinski definition) is 0. The Morgan fingerprint density at radius 3 is 2.86 bits per heavy atom. The number of aromatic nitrogens is 5. The van der Waals surface area contributed by atoms with Crippen LogP contribution >= 0.6 is 0 Å². The molecule has 1 aliphatic rings. The molecule has 0 N–H and O–H groups in total. The minimum atomic E-state index is -0.0944. The van der Waals surface area contributed by atoms with Crippen molar-refractivity contribution < 1.29 is 9.21 Å². The quantitative estimate of drug-likeness (QED) is 0.639. The van der Waals surface area contributed by atoms with Crippen molar-refractivity contribution in [1.29, 1.82) is 0 Å². The molecule has 3 heterocycles. The van der Waals surface area contributed by atoms with Crippen LogP contribution in [0.15, 0.2) is 28.7 Å². The van der Waals surface area contributed by atoms with Gasteiger partial charge in [-0.15, -0.1) is 5.10 Å². The first kappa shape index (κ1) is 18.5. The lowest BCUT2D eigenvalue weighted by Crippen LogP contribution is -2.35. The van der Waals surface area contributed by atoms with Crippen LogP contribution in [-0.4, -0.2) is 61.0 Å². The van der Waals surface area contributed by atoms with E-state index >= 15 is 0 Å². The molecule has 0 saturated carbocycles. The normalized spacial score (nSPS) is 15.9. The molecule has 9 heteroatoms. The number of likely N-dealkylation sites (tertiary alicyclic amines) is 1. The zero-order valence-electron chi connectivity index (χ0n) is 16.3. The highest BCUT2D eigenvalue weighted by molar-refractivity contribution is 5.76. The number of tetrazole rings is 1. The molecule has 3 aromatic rings. The molecule has 1 aliphatic heterocycles. The number of carbonyl (C=O) groups excluding carboxylic acids is 1. The molecule has 1 amide bonds. The number of para-hydroxylation sites is 2. The monoisotopic (exact) mass is 383 g/mol. The molecule has 148 valence electrons. The second-order valence-corrected chi connectivity index (χ2v) is 7.54. The van der Waals surface area contributed by atoms with Crippen molar-refractivity contribution in [1.82, 2.24) is 35.0 Å². The fourth-order valence-electron chi connectivity index (χ4n) is 3.41. The van der Waals surface area contributed by atoms with Crippen LogP contribution in [0.2, 0.25) is 0 Å². The van der Waals surface area contributed by atoms with Crippen LogP contribution < -0.4 is 0 Å². The van der Waals surface area contributed by atoms with E-state index in [2.05, 4.69) is 32.3 Å². The molecule has 0 aliphatic carbocycles. The topological polar surface area (TPSA) is 93.2 Å². The maximum absolute atomic E-state index is 12.6. The second kappa shape index (κ2) is 8.05. The van der Waals surface area contributed by atoms with E-state index in [0.29, 0.717) is 19.0 Å². The van der Waals surface area contributed by atoms with Crippen LogP contribution in [-0.2, 0) is 24.4 Å². The average molecular weight is 383 g/mol. The summed E-state index contributed by atoms with van der Waals surface area (Å²) >= 11 is 0. The van der Waals surface area contributed by atoms with E-state index in [9.17, 15) is 4.79 Å². The summed E-state index contributed by atoms with van der Waals surface area (Å²) < 4.78 is 7.28. The lowest BCUT2D eigenvalue weighted by Gasteiger charge is -2.29. The second-order valence-electron chi connectivity index (χ2n) is 7.54. The predicted octanol–water partition coefficient (Wildman–Crippen LogP) is 1.70. The minimum Gasteiger partial charge on any atom is -0.439 e. The van der Waals surface area contributed by atoms with Crippen LogP contribution in [0.4, 0.5) is 0 Å². The highest BCUT2D eigenvalue weighted by atomic mass is 16.3. The number of rotatable bonds is 6. The number of nitrogens with zero attached hydrogens (tertiary/aromatic N) is 7. The molecule has 4 rings (SSSR count). The maximum atomic E-state index is 12.6. The van der Waals surface area contributed by atoms with Gasteiger partial charge in [0.25, 0.3) is 0 Å². The summed E-state index contributed by atoms with van der Waals surface area (Å²) in [4.78, 5) is 21.0. The van der Waals surface area contributed by atoms with Gasteiger partial charge < -0.3 is 9.32 Å². The Morgan fingerprint density at radius 2 is 2.07 bits per heavy atom. The van der Waals surface area contributed by atoms with Gasteiger partial charge in [-0.25, -0.2) is 9.67 Å². The third kappa shape index (κ3) is 4.19. The summed E-state index contributed by atoms with van der Waals surface area (Å²) in [6.45, 7) is 5.44. The van der Waals surface area contributed by atoms with E-state index in [0.717, 1.165) is 35.9 Å². The first-order chi connectivity index (χ1) is 13.6. The Kier molecular flexibility index (Phi) is 5.34. The summed E-state index contributed by atoms with van der Waals surface area (Å²) in [7, 11) is 1.73. The van der Waals surface area contributed by atoms with Gasteiger partial charge in [-0.05, 0) is 54.4 Å².